The molecule has 2 amide bonds. The summed E-state index contributed by atoms with van der Waals surface area (Å²) in [4.78, 5) is 34.2. The van der Waals surface area contributed by atoms with Gasteiger partial charge in [0.05, 0.1) is 0 Å². The van der Waals surface area contributed by atoms with Gasteiger partial charge >= 0.3 is 0 Å². The fraction of sp³-hybridized carbons (Fsp3) is 0.500. The summed E-state index contributed by atoms with van der Waals surface area (Å²) in [6.07, 6.45) is 6.32. The fourth-order valence-corrected chi connectivity index (χ4v) is 5.39. The van der Waals surface area contributed by atoms with Crippen LogP contribution in [0.15, 0.2) is 54.7 Å². The number of carbonyl (C=O) groups is 2. The predicted octanol–water partition coefficient (Wildman–Crippen LogP) is 6.50. The Morgan fingerprint density at radius 2 is 1.73 bits per heavy atom. The Bertz CT molecular complexity index is 1200. The van der Waals surface area contributed by atoms with E-state index in [1.165, 1.54) is 16.5 Å². The van der Waals surface area contributed by atoms with Crippen LogP contribution in [-0.4, -0.2) is 45.7 Å². The predicted molar refractivity (Wildman–Crippen MR) is 151 cm³/mol. The van der Waals surface area contributed by atoms with E-state index in [2.05, 4.69) is 88.3 Å². The third-order valence-corrected chi connectivity index (χ3v) is 7.27. The van der Waals surface area contributed by atoms with Gasteiger partial charge in [0.15, 0.2) is 0 Å². The number of nitrogens with zero attached hydrogens (tertiary/aromatic N) is 2. The first kappa shape index (κ1) is 27.0. The van der Waals surface area contributed by atoms with Crippen LogP contribution in [0.3, 0.4) is 0 Å². The maximum Gasteiger partial charge on any atom is 0.242 e. The van der Waals surface area contributed by atoms with E-state index < -0.39 is 0 Å². The van der Waals surface area contributed by atoms with Crippen molar-refractivity contribution in [1.29, 1.82) is 0 Å². The first-order valence-electron chi connectivity index (χ1n) is 13.8. The van der Waals surface area contributed by atoms with E-state index in [-0.39, 0.29) is 29.8 Å². The molecule has 1 fully saturated rings. The summed E-state index contributed by atoms with van der Waals surface area (Å²) in [6, 6.07) is 16.9. The molecule has 37 heavy (non-hydrogen) atoms. The lowest BCUT2D eigenvalue weighted by Gasteiger charge is -2.29. The molecular weight excluding hydrogens is 458 g/mol. The van der Waals surface area contributed by atoms with Crippen LogP contribution in [0.1, 0.15) is 70.1 Å². The maximum atomic E-state index is 13.7. The quantitative estimate of drug-likeness (QED) is 0.326. The number of aromatic amines is 1. The number of benzene rings is 2. The van der Waals surface area contributed by atoms with Crippen LogP contribution in [0.5, 0.6) is 0 Å². The summed E-state index contributed by atoms with van der Waals surface area (Å²) in [6.45, 7) is 12.2. The van der Waals surface area contributed by atoms with Crippen molar-refractivity contribution in [1.82, 2.24) is 14.8 Å². The summed E-state index contributed by atoms with van der Waals surface area (Å²) < 4.78 is 0. The number of fused-ring (bicyclic) bond motifs is 1. The van der Waals surface area contributed by atoms with Crippen LogP contribution in [0, 0.1) is 18.3 Å². The third kappa shape index (κ3) is 7.70. The van der Waals surface area contributed by atoms with Crippen molar-refractivity contribution in [2.24, 2.45) is 11.3 Å². The number of rotatable bonds is 11. The Morgan fingerprint density at radius 3 is 2.41 bits per heavy atom. The molecule has 5 nitrogen and oxygen atoms in total. The molecule has 1 saturated carbocycles. The molecule has 1 aliphatic rings. The molecule has 1 N–H and O–H groups in total. The smallest absolute Gasteiger partial charge is 0.242 e. The van der Waals surface area contributed by atoms with Gasteiger partial charge in [0, 0.05) is 42.7 Å². The topological polar surface area (TPSA) is 56.4 Å². The van der Waals surface area contributed by atoms with Gasteiger partial charge in [-0.3, -0.25) is 9.59 Å². The average Bonchev–Trinajstić information content (AvgIpc) is 3.59. The number of amides is 2. The molecule has 0 radical (unpaired) electrons. The van der Waals surface area contributed by atoms with Crippen LogP contribution in [0.4, 0.5) is 0 Å². The first-order chi connectivity index (χ1) is 17.6. The number of nitrogens with one attached hydrogen (secondary N) is 1. The Morgan fingerprint density at radius 1 is 1.03 bits per heavy atom. The van der Waals surface area contributed by atoms with Gasteiger partial charge in [0.1, 0.15) is 6.54 Å². The van der Waals surface area contributed by atoms with Gasteiger partial charge in [-0.05, 0) is 61.1 Å². The minimum Gasteiger partial charge on any atom is -0.361 e. The lowest BCUT2D eigenvalue weighted by Crippen LogP contribution is -2.44. The van der Waals surface area contributed by atoms with Crippen molar-refractivity contribution in [2.45, 2.75) is 79.3 Å². The molecular formula is C32H43N3O2. The highest BCUT2D eigenvalue weighted by Gasteiger charge is 2.35. The van der Waals surface area contributed by atoms with Gasteiger partial charge in [0.2, 0.25) is 11.8 Å². The van der Waals surface area contributed by atoms with E-state index in [9.17, 15) is 9.59 Å². The van der Waals surface area contributed by atoms with Gasteiger partial charge in [-0.2, -0.15) is 0 Å². The molecule has 198 valence electrons. The number of para-hydroxylation sites is 1. The lowest BCUT2D eigenvalue weighted by molar-refractivity contribution is -0.142. The summed E-state index contributed by atoms with van der Waals surface area (Å²) in [5.41, 5.74) is 4.83. The van der Waals surface area contributed by atoms with E-state index in [1.54, 1.807) is 0 Å². The minimum absolute atomic E-state index is 0.0316. The molecule has 3 aromatic rings. The van der Waals surface area contributed by atoms with Crippen molar-refractivity contribution < 1.29 is 9.59 Å². The summed E-state index contributed by atoms with van der Waals surface area (Å²) in [5.74, 6) is 0.457. The molecule has 1 aromatic heterocycles. The number of H-pyrrole nitrogens is 1. The van der Waals surface area contributed by atoms with Crippen LogP contribution in [0.2, 0.25) is 0 Å². The van der Waals surface area contributed by atoms with Gasteiger partial charge in [-0.15, -0.1) is 0 Å². The van der Waals surface area contributed by atoms with Gasteiger partial charge in [0.25, 0.3) is 0 Å². The molecule has 2 aromatic carbocycles. The van der Waals surface area contributed by atoms with Crippen LogP contribution >= 0.6 is 0 Å². The van der Waals surface area contributed by atoms with E-state index in [0.717, 1.165) is 36.8 Å². The molecule has 1 atom stereocenters. The molecule has 0 saturated heterocycles. The zero-order valence-corrected chi connectivity index (χ0v) is 23.2. The zero-order valence-electron chi connectivity index (χ0n) is 23.2. The molecule has 0 bridgehead atoms. The number of aromatic nitrogens is 1. The second kappa shape index (κ2) is 11.5. The van der Waals surface area contributed by atoms with E-state index in [0.29, 0.717) is 25.4 Å². The summed E-state index contributed by atoms with van der Waals surface area (Å²) in [7, 11) is 0. The van der Waals surface area contributed by atoms with Crippen molar-refractivity contribution >= 4 is 22.7 Å². The molecule has 1 aliphatic carbocycles. The van der Waals surface area contributed by atoms with E-state index in [4.69, 9.17) is 0 Å². The monoisotopic (exact) mass is 501 g/mol. The van der Waals surface area contributed by atoms with Crippen molar-refractivity contribution in [3.05, 3.63) is 71.4 Å². The standard InChI is InChI=1S/C32H43N3O2/c1-23-10-12-25(13-11-23)21-34(17-16-26-20-33-29-9-7-6-8-28(26)29)31(37)22-35(27-14-15-27)30(36)18-24(2)19-32(3,4)5/h6-13,20,24,27,33H,14-19,21-22H2,1-5H3. The highest BCUT2D eigenvalue weighted by atomic mass is 16.2. The third-order valence-electron chi connectivity index (χ3n) is 7.27. The number of carbonyl (C=O) groups excluding carboxylic acids is 2. The summed E-state index contributed by atoms with van der Waals surface area (Å²) >= 11 is 0. The summed E-state index contributed by atoms with van der Waals surface area (Å²) in [5, 5.41) is 1.20. The van der Waals surface area contributed by atoms with Gasteiger partial charge in [-0.25, -0.2) is 0 Å². The minimum atomic E-state index is 0.0316. The molecule has 4 rings (SSSR count). The number of aryl methyl sites for hydroxylation is 1. The van der Waals surface area contributed by atoms with E-state index in [1.807, 2.05) is 15.9 Å². The Balaban J connectivity index is 1.47. The van der Waals surface area contributed by atoms with Gasteiger partial charge in [-0.1, -0.05) is 75.7 Å². The normalized spacial score (nSPS) is 14.5. The Kier molecular flexibility index (Phi) is 8.41. The van der Waals surface area contributed by atoms with Crippen molar-refractivity contribution in [3.63, 3.8) is 0 Å². The second-order valence-corrected chi connectivity index (χ2v) is 12.2. The maximum absolute atomic E-state index is 13.7. The highest BCUT2D eigenvalue weighted by molar-refractivity contribution is 5.86. The molecule has 1 heterocycles. The van der Waals surface area contributed by atoms with Crippen molar-refractivity contribution in [2.75, 3.05) is 13.1 Å². The highest BCUT2D eigenvalue weighted by Crippen LogP contribution is 2.31. The van der Waals surface area contributed by atoms with Crippen LogP contribution < -0.4 is 0 Å². The van der Waals surface area contributed by atoms with Gasteiger partial charge < -0.3 is 14.8 Å². The first-order valence-corrected chi connectivity index (χ1v) is 13.8. The zero-order chi connectivity index (χ0) is 26.6. The molecule has 0 spiro atoms. The largest absolute Gasteiger partial charge is 0.361 e. The van der Waals surface area contributed by atoms with Crippen LogP contribution in [-0.2, 0) is 22.6 Å². The SMILES string of the molecule is Cc1ccc(CN(CCc2c[nH]c3ccccc23)C(=O)CN(C(=O)CC(C)CC(C)(C)C)C2CC2)cc1. The molecule has 1 unspecified atom stereocenters. The molecule has 5 heteroatoms. The Labute approximate surface area is 222 Å². The Hall–Kier alpha value is -3.08. The average molecular weight is 502 g/mol. The molecule has 0 aliphatic heterocycles. The number of hydrogen-bond acceptors (Lipinski definition) is 2. The second-order valence-electron chi connectivity index (χ2n) is 12.2. The number of hydrogen-bond donors (Lipinski definition) is 1. The van der Waals surface area contributed by atoms with Crippen LogP contribution in [0.25, 0.3) is 10.9 Å². The van der Waals surface area contributed by atoms with Crippen molar-refractivity contribution in [3.8, 4) is 0 Å². The lowest BCUT2D eigenvalue weighted by atomic mass is 9.84. The fourth-order valence-electron chi connectivity index (χ4n) is 5.39. The van der Waals surface area contributed by atoms with E-state index >= 15 is 0 Å².